The van der Waals surface area contributed by atoms with Crippen LogP contribution >= 0.6 is 11.3 Å². The minimum Gasteiger partial charge on any atom is -0.352 e. The second-order valence-corrected chi connectivity index (χ2v) is 7.27. The lowest BCUT2D eigenvalue weighted by atomic mass is 9.96. The summed E-state index contributed by atoms with van der Waals surface area (Å²) in [5.41, 5.74) is 2.75. The molecule has 0 saturated carbocycles. The molecule has 4 rings (SSSR count). The first kappa shape index (κ1) is 17.4. The van der Waals surface area contributed by atoms with Gasteiger partial charge in [-0.05, 0) is 51.7 Å². The number of carbonyl (C=O) groups excluding carboxylic acids is 1. The highest BCUT2D eigenvalue weighted by Gasteiger charge is 2.10. The van der Waals surface area contributed by atoms with E-state index in [-0.39, 0.29) is 11.7 Å². The first-order chi connectivity index (χ1) is 13.2. The number of benzene rings is 2. The largest absolute Gasteiger partial charge is 0.352 e. The highest BCUT2D eigenvalue weighted by Crippen LogP contribution is 2.30. The molecule has 0 spiro atoms. The van der Waals surface area contributed by atoms with Crippen LogP contribution in [0.3, 0.4) is 0 Å². The Labute approximate surface area is 160 Å². The van der Waals surface area contributed by atoms with Gasteiger partial charge in [-0.1, -0.05) is 30.3 Å². The maximum absolute atomic E-state index is 13.6. The van der Waals surface area contributed by atoms with Gasteiger partial charge >= 0.3 is 0 Å². The normalized spacial score (nSPS) is 10.9. The van der Waals surface area contributed by atoms with Crippen molar-refractivity contribution in [3.63, 3.8) is 0 Å². The average molecular weight is 376 g/mol. The summed E-state index contributed by atoms with van der Waals surface area (Å²) in [6.07, 6.45) is 3.90. The quantitative estimate of drug-likeness (QED) is 0.535. The molecule has 2 heterocycles. The highest BCUT2D eigenvalue weighted by molar-refractivity contribution is 7.10. The van der Waals surface area contributed by atoms with Gasteiger partial charge < -0.3 is 5.32 Å². The summed E-state index contributed by atoms with van der Waals surface area (Å²) >= 11 is 1.57. The van der Waals surface area contributed by atoms with E-state index in [2.05, 4.69) is 10.3 Å². The summed E-state index contributed by atoms with van der Waals surface area (Å²) in [5, 5.41) is 6.88. The molecular formula is C22H17FN2OS. The van der Waals surface area contributed by atoms with E-state index in [0.29, 0.717) is 13.0 Å². The topological polar surface area (TPSA) is 42.0 Å². The number of hydrogen-bond donors (Lipinski definition) is 1. The molecule has 0 radical (unpaired) electrons. The zero-order valence-corrected chi connectivity index (χ0v) is 15.3. The van der Waals surface area contributed by atoms with Crippen molar-refractivity contribution in [3.8, 4) is 11.1 Å². The minimum atomic E-state index is -0.264. The molecule has 0 saturated heterocycles. The number of aromatic nitrogens is 1. The minimum absolute atomic E-state index is 0.0105. The molecule has 5 heteroatoms. The third-order valence-corrected chi connectivity index (χ3v) is 5.31. The van der Waals surface area contributed by atoms with Gasteiger partial charge in [-0.2, -0.15) is 0 Å². The maximum atomic E-state index is 13.6. The highest BCUT2D eigenvalue weighted by atomic mass is 32.1. The summed E-state index contributed by atoms with van der Waals surface area (Å²) in [5.74, 6) is -0.275. The van der Waals surface area contributed by atoms with Gasteiger partial charge in [-0.15, -0.1) is 11.3 Å². The SMILES string of the molecule is O=C(Cc1cccs1)NCc1ccc(-c2cccc(F)c2)c2ccncc12. The molecule has 2 aromatic heterocycles. The maximum Gasteiger partial charge on any atom is 0.225 e. The molecule has 1 amide bonds. The van der Waals surface area contributed by atoms with Crippen molar-refractivity contribution in [1.29, 1.82) is 0 Å². The molecule has 0 unspecified atom stereocenters. The van der Waals surface area contributed by atoms with Crippen LogP contribution in [0.15, 0.2) is 72.4 Å². The molecule has 27 heavy (non-hydrogen) atoms. The van der Waals surface area contributed by atoms with Crippen LogP contribution in [-0.4, -0.2) is 10.9 Å². The summed E-state index contributed by atoms with van der Waals surface area (Å²) < 4.78 is 13.6. The van der Waals surface area contributed by atoms with Crippen LogP contribution in [0.25, 0.3) is 21.9 Å². The number of thiophene rings is 1. The Morgan fingerprint density at radius 3 is 2.81 bits per heavy atom. The van der Waals surface area contributed by atoms with E-state index >= 15 is 0 Å². The molecule has 4 aromatic rings. The lowest BCUT2D eigenvalue weighted by Gasteiger charge is -2.12. The fourth-order valence-electron chi connectivity index (χ4n) is 3.14. The van der Waals surface area contributed by atoms with E-state index < -0.39 is 0 Å². The standard InChI is InChI=1S/C22H17FN2OS/c23-17-4-1-3-15(11-17)19-7-6-16(21-14-24-9-8-20(19)21)13-25-22(26)12-18-5-2-10-27-18/h1-11,14H,12-13H2,(H,25,26). The van der Waals surface area contributed by atoms with Gasteiger partial charge in [0.15, 0.2) is 0 Å². The molecule has 0 bridgehead atoms. The Morgan fingerprint density at radius 1 is 1.07 bits per heavy atom. The van der Waals surface area contributed by atoms with Crippen molar-refractivity contribution in [2.75, 3.05) is 0 Å². The molecule has 0 aliphatic heterocycles. The lowest BCUT2D eigenvalue weighted by molar-refractivity contribution is -0.120. The fourth-order valence-corrected chi connectivity index (χ4v) is 3.84. The molecular weight excluding hydrogens is 359 g/mol. The van der Waals surface area contributed by atoms with Crippen molar-refractivity contribution in [1.82, 2.24) is 10.3 Å². The molecule has 0 fully saturated rings. The Hall–Kier alpha value is -3.05. The number of pyridine rings is 1. The van der Waals surface area contributed by atoms with Crippen LogP contribution in [0.2, 0.25) is 0 Å². The number of amides is 1. The zero-order chi connectivity index (χ0) is 18.6. The summed E-state index contributed by atoms with van der Waals surface area (Å²) in [6.45, 7) is 0.426. The van der Waals surface area contributed by atoms with Crippen LogP contribution in [0.4, 0.5) is 4.39 Å². The average Bonchev–Trinajstić information content (AvgIpc) is 3.19. The lowest BCUT2D eigenvalue weighted by Crippen LogP contribution is -2.24. The summed E-state index contributed by atoms with van der Waals surface area (Å²) in [4.78, 5) is 17.5. The molecule has 0 aliphatic carbocycles. The third-order valence-electron chi connectivity index (χ3n) is 4.43. The van der Waals surface area contributed by atoms with Crippen molar-refractivity contribution in [2.45, 2.75) is 13.0 Å². The predicted molar refractivity (Wildman–Crippen MR) is 107 cm³/mol. The second kappa shape index (κ2) is 7.68. The van der Waals surface area contributed by atoms with E-state index in [1.165, 1.54) is 12.1 Å². The molecule has 1 N–H and O–H groups in total. The first-order valence-electron chi connectivity index (χ1n) is 8.61. The second-order valence-electron chi connectivity index (χ2n) is 6.24. The Kier molecular flexibility index (Phi) is 4.94. The van der Waals surface area contributed by atoms with E-state index in [0.717, 1.165) is 32.3 Å². The van der Waals surface area contributed by atoms with Crippen LogP contribution in [0.5, 0.6) is 0 Å². The van der Waals surface area contributed by atoms with Crippen molar-refractivity contribution >= 4 is 28.0 Å². The van der Waals surface area contributed by atoms with E-state index in [1.807, 2.05) is 41.8 Å². The predicted octanol–water partition coefficient (Wildman–Crippen LogP) is 4.96. The number of hydrogen-bond acceptors (Lipinski definition) is 3. The third kappa shape index (κ3) is 3.88. The summed E-state index contributed by atoms with van der Waals surface area (Å²) in [7, 11) is 0. The smallest absolute Gasteiger partial charge is 0.225 e. The monoisotopic (exact) mass is 376 g/mol. The number of halogens is 1. The van der Waals surface area contributed by atoms with E-state index in [4.69, 9.17) is 0 Å². The molecule has 3 nitrogen and oxygen atoms in total. The van der Waals surface area contributed by atoms with Crippen LogP contribution in [-0.2, 0) is 17.8 Å². The number of fused-ring (bicyclic) bond motifs is 1. The Bertz CT molecular complexity index is 1090. The number of nitrogens with zero attached hydrogens (tertiary/aromatic N) is 1. The van der Waals surface area contributed by atoms with Crippen LogP contribution in [0.1, 0.15) is 10.4 Å². The van der Waals surface area contributed by atoms with Crippen molar-refractivity contribution in [3.05, 3.63) is 88.6 Å². The molecule has 134 valence electrons. The van der Waals surface area contributed by atoms with Gasteiger partial charge in [-0.3, -0.25) is 9.78 Å². The molecule has 0 aliphatic rings. The van der Waals surface area contributed by atoms with E-state index in [9.17, 15) is 9.18 Å². The van der Waals surface area contributed by atoms with Crippen LogP contribution < -0.4 is 5.32 Å². The Balaban J connectivity index is 1.61. The van der Waals surface area contributed by atoms with Gasteiger partial charge in [0, 0.05) is 29.2 Å². The van der Waals surface area contributed by atoms with Crippen LogP contribution in [0, 0.1) is 5.82 Å². The first-order valence-corrected chi connectivity index (χ1v) is 9.49. The van der Waals surface area contributed by atoms with Crippen molar-refractivity contribution < 1.29 is 9.18 Å². The van der Waals surface area contributed by atoms with Crippen molar-refractivity contribution in [2.24, 2.45) is 0 Å². The van der Waals surface area contributed by atoms with Gasteiger partial charge in [0.25, 0.3) is 0 Å². The van der Waals surface area contributed by atoms with Gasteiger partial charge in [0.1, 0.15) is 5.82 Å². The fraction of sp³-hybridized carbons (Fsp3) is 0.0909. The van der Waals surface area contributed by atoms with Gasteiger partial charge in [-0.25, -0.2) is 4.39 Å². The number of rotatable bonds is 5. The molecule has 2 aromatic carbocycles. The Morgan fingerprint density at radius 2 is 2.00 bits per heavy atom. The zero-order valence-electron chi connectivity index (χ0n) is 14.5. The number of nitrogens with one attached hydrogen (secondary N) is 1. The molecule has 0 atom stereocenters. The van der Waals surface area contributed by atoms with Gasteiger partial charge in [0.05, 0.1) is 6.42 Å². The summed E-state index contributed by atoms with van der Waals surface area (Å²) in [6, 6.07) is 16.3. The number of carbonyl (C=O) groups is 1. The van der Waals surface area contributed by atoms with Gasteiger partial charge in [0.2, 0.25) is 5.91 Å². The van der Waals surface area contributed by atoms with E-state index in [1.54, 1.807) is 29.8 Å².